The minimum Gasteiger partial charge on any atom is -0.330 e. The zero-order chi connectivity index (χ0) is 13.8. The van der Waals surface area contributed by atoms with Crippen molar-refractivity contribution in [1.29, 1.82) is 0 Å². The molecule has 3 rings (SSSR count). The van der Waals surface area contributed by atoms with Gasteiger partial charge in [0, 0.05) is 0 Å². The average Bonchev–Trinajstić information content (AvgIpc) is 2.95. The van der Waals surface area contributed by atoms with E-state index in [1.165, 1.54) is 30.4 Å². The summed E-state index contributed by atoms with van der Waals surface area (Å²) >= 11 is 0. The van der Waals surface area contributed by atoms with Crippen LogP contribution in [0.4, 0.5) is 0 Å². The summed E-state index contributed by atoms with van der Waals surface area (Å²) in [4.78, 5) is 0. The topological polar surface area (TPSA) is 26.0 Å². The highest BCUT2D eigenvalue weighted by Crippen LogP contribution is 2.24. The molecule has 1 unspecified atom stereocenters. The molecule has 1 atom stereocenters. The molecule has 0 amide bonds. The maximum absolute atomic E-state index is 5.98. The van der Waals surface area contributed by atoms with E-state index in [-0.39, 0.29) is 0 Å². The van der Waals surface area contributed by atoms with Gasteiger partial charge in [-0.05, 0) is 66.8 Å². The van der Waals surface area contributed by atoms with Crippen molar-refractivity contribution in [2.75, 3.05) is 6.54 Å². The van der Waals surface area contributed by atoms with Gasteiger partial charge >= 0.3 is 0 Å². The summed E-state index contributed by atoms with van der Waals surface area (Å²) in [7, 11) is 0. The van der Waals surface area contributed by atoms with Crippen LogP contribution in [-0.4, -0.2) is 6.54 Å². The largest absolute Gasteiger partial charge is 0.330 e. The van der Waals surface area contributed by atoms with Gasteiger partial charge in [-0.1, -0.05) is 48.5 Å². The van der Waals surface area contributed by atoms with Gasteiger partial charge in [0.05, 0.1) is 0 Å². The first-order valence-corrected chi connectivity index (χ1v) is 7.70. The van der Waals surface area contributed by atoms with Gasteiger partial charge in [-0.3, -0.25) is 0 Å². The Morgan fingerprint density at radius 3 is 2.40 bits per heavy atom. The van der Waals surface area contributed by atoms with Crippen LogP contribution < -0.4 is 5.73 Å². The molecule has 0 saturated heterocycles. The van der Waals surface area contributed by atoms with E-state index in [1.54, 1.807) is 11.1 Å². The first-order chi connectivity index (χ1) is 9.85. The standard InChI is InChI=1S/C19H23N/c20-14-17(11-15-5-2-1-3-6-15)12-16-9-10-18-7-4-8-19(18)13-16/h1-3,5-6,9-10,13,17H,4,7-8,11-12,14,20H2. The molecular weight excluding hydrogens is 242 g/mol. The second-order valence-corrected chi connectivity index (χ2v) is 5.95. The molecule has 1 nitrogen and oxygen atoms in total. The molecule has 0 radical (unpaired) electrons. The van der Waals surface area contributed by atoms with E-state index in [0.717, 1.165) is 19.4 Å². The summed E-state index contributed by atoms with van der Waals surface area (Å²) in [6, 6.07) is 17.7. The average molecular weight is 265 g/mol. The Labute approximate surface area is 121 Å². The lowest BCUT2D eigenvalue weighted by Crippen LogP contribution is -2.19. The fourth-order valence-electron chi connectivity index (χ4n) is 3.27. The zero-order valence-electron chi connectivity index (χ0n) is 12.0. The number of rotatable bonds is 5. The molecule has 0 bridgehead atoms. The maximum Gasteiger partial charge on any atom is -0.00425 e. The molecule has 0 fully saturated rings. The van der Waals surface area contributed by atoms with Crippen molar-refractivity contribution < 1.29 is 0 Å². The molecule has 104 valence electrons. The predicted octanol–water partition coefficient (Wildman–Crippen LogP) is 3.54. The Bertz CT molecular complexity index is 559. The molecule has 0 heterocycles. The third-order valence-electron chi connectivity index (χ3n) is 4.39. The Kier molecular flexibility index (Phi) is 4.17. The van der Waals surface area contributed by atoms with Crippen LogP contribution in [0.3, 0.4) is 0 Å². The lowest BCUT2D eigenvalue weighted by atomic mass is 9.91. The number of hydrogen-bond acceptors (Lipinski definition) is 1. The van der Waals surface area contributed by atoms with Crippen LogP contribution in [0.1, 0.15) is 28.7 Å². The van der Waals surface area contributed by atoms with Gasteiger partial charge in [0.2, 0.25) is 0 Å². The lowest BCUT2D eigenvalue weighted by molar-refractivity contribution is 0.533. The maximum atomic E-state index is 5.98. The number of aryl methyl sites for hydroxylation is 2. The third-order valence-corrected chi connectivity index (χ3v) is 4.39. The molecule has 2 aromatic carbocycles. The van der Waals surface area contributed by atoms with Crippen molar-refractivity contribution >= 4 is 0 Å². The first kappa shape index (κ1) is 13.4. The molecule has 1 aliphatic carbocycles. The van der Waals surface area contributed by atoms with E-state index in [2.05, 4.69) is 48.5 Å². The highest BCUT2D eigenvalue weighted by molar-refractivity contribution is 5.35. The Hall–Kier alpha value is -1.60. The predicted molar refractivity (Wildman–Crippen MR) is 84.9 cm³/mol. The van der Waals surface area contributed by atoms with Gasteiger partial charge in [-0.2, -0.15) is 0 Å². The molecule has 2 aromatic rings. The van der Waals surface area contributed by atoms with Crippen molar-refractivity contribution in [3.8, 4) is 0 Å². The second kappa shape index (κ2) is 6.23. The van der Waals surface area contributed by atoms with E-state index in [4.69, 9.17) is 5.73 Å². The Morgan fingerprint density at radius 1 is 0.850 bits per heavy atom. The highest BCUT2D eigenvalue weighted by Gasteiger charge is 2.13. The van der Waals surface area contributed by atoms with Crippen LogP contribution in [0.15, 0.2) is 48.5 Å². The quantitative estimate of drug-likeness (QED) is 0.879. The van der Waals surface area contributed by atoms with Crippen molar-refractivity contribution in [3.63, 3.8) is 0 Å². The highest BCUT2D eigenvalue weighted by atomic mass is 14.5. The molecule has 1 heteroatoms. The summed E-state index contributed by atoms with van der Waals surface area (Å²) in [5.41, 5.74) is 12.0. The molecule has 0 spiro atoms. The summed E-state index contributed by atoms with van der Waals surface area (Å²) < 4.78 is 0. The van der Waals surface area contributed by atoms with Crippen LogP contribution in [0.25, 0.3) is 0 Å². The number of nitrogens with two attached hydrogens (primary N) is 1. The molecule has 0 aliphatic heterocycles. The number of benzene rings is 2. The molecular formula is C19H23N. The SMILES string of the molecule is NCC(Cc1ccccc1)Cc1ccc2c(c1)CCC2. The van der Waals surface area contributed by atoms with E-state index < -0.39 is 0 Å². The number of fused-ring (bicyclic) bond motifs is 1. The van der Waals surface area contributed by atoms with Crippen LogP contribution in [-0.2, 0) is 25.7 Å². The third kappa shape index (κ3) is 3.10. The molecule has 20 heavy (non-hydrogen) atoms. The van der Waals surface area contributed by atoms with E-state index in [0.29, 0.717) is 5.92 Å². The second-order valence-electron chi connectivity index (χ2n) is 5.95. The molecule has 0 aromatic heterocycles. The van der Waals surface area contributed by atoms with Gasteiger partial charge in [-0.25, -0.2) is 0 Å². The minimum atomic E-state index is 0.539. The van der Waals surface area contributed by atoms with Gasteiger partial charge in [-0.15, -0.1) is 0 Å². The first-order valence-electron chi connectivity index (χ1n) is 7.70. The lowest BCUT2D eigenvalue weighted by Gasteiger charge is -2.15. The Balaban J connectivity index is 1.68. The van der Waals surface area contributed by atoms with Gasteiger partial charge in [0.15, 0.2) is 0 Å². The summed E-state index contributed by atoms with van der Waals surface area (Å²) in [6.07, 6.45) is 6.02. The monoisotopic (exact) mass is 265 g/mol. The van der Waals surface area contributed by atoms with Gasteiger partial charge in [0.1, 0.15) is 0 Å². The van der Waals surface area contributed by atoms with Crippen LogP contribution in [0.5, 0.6) is 0 Å². The summed E-state index contributed by atoms with van der Waals surface area (Å²) in [5, 5.41) is 0. The van der Waals surface area contributed by atoms with E-state index in [1.807, 2.05) is 0 Å². The number of hydrogen-bond donors (Lipinski definition) is 1. The smallest absolute Gasteiger partial charge is 0.00425 e. The molecule has 2 N–H and O–H groups in total. The fraction of sp³-hybridized carbons (Fsp3) is 0.368. The minimum absolute atomic E-state index is 0.539. The zero-order valence-corrected chi connectivity index (χ0v) is 12.0. The van der Waals surface area contributed by atoms with Crippen LogP contribution in [0.2, 0.25) is 0 Å². The Morgan fingerprint density at radius 2 is 1.60 bits per heavy atom. The van der Waals surface area contributed by atoms with Gasteiger partial charge < -0.3 is 5.73 Å². The van der Waals surface area contributed by atoms with E-state index >= 15 is 0 Å². The summed E-state index contributed by atoms with van der Waals surface area (Å²) in [6.45, 7) is 0.756. The molecule has 0 saturated carbocycles. The molecule has 1 aliphatic rings. The van der Waals surface area contributed by atoms with Crippen molar-refractivity contribution in [2.45, 2.75) is 32.1 Å². The normalized spacial score (nSPS) is 15.1. The van der Waals surface area contributed by atoms with Crippen molar-refractivity contribution in [3.05, 3.63) is 70.8 Å². The van der Waals surface area contributed by atoms with Crippen molar-refractivity contribution in [2.24, 2.45) is 11.7 Å². The van der Waals surface area contributed by atoms with E-state index in [9.17, 15) is 0 Å². The fourth-order valence-corrected chi connectivity index (χ4v) is 3.27. The van der Waals surface area contributed by atoms with Crippen LogP contribution in [0, 0.1) is 5.92 Å². The van der Waals surface area contributed by atoms with Gasteiger partial charge in [0.25, 0.3) is 0 Å². The van der Waals surface area contributed by atoms with Crippen LogP contribution >= 0.6 is 0 Å². The van der Waals surface area contributed by atoms with Crippen molar-refractivity contribution in [1.82, 2.24) is 0 Å². The summed E-state index contributed by atoms with van der Waals surface area (Å²) in [5.74, 6) is 0.539.